The van der Waals surface area contributed by atoms with E-state index in [1.807, 2.05) is 27.7 Å². The van der Waals surface area contributed by atoms with Gasteiger partial charge in [0, 0.05) is 22.5 Å². The van der Waals surface area contributed by atoms with Crippen LogP contribution in [0.15, 0.2) is 0 Å². The summed E-state index contributed by atoms with van der Waals surface area (Å²) in [5.41, 5.74) is -0.949. The van der Waals surface area contributed by atoms with Gasteiger partial charge in [-0.15, -0.1) is 0 Å². The predicted molar refractivity (Wildman–Crippen MR) is 86.0 cm³/mol. The monoisotopic (exact) mass is 306 g/mol. The summed E-state index contributed by atoms with van der Waals surface area (Å²) >= 11 is 8.64. The van der Waals surface area contributed by atoms with Gasteiger partial charge in [0.2, 0.25) is 11.8 Å². The normalized spacial score (nSPS) is 13.1. The fourth-order valence-corrected chi connectivity index (χ4v) is 1.58. The zero-order valence-corrected chi connectivity index (χ0v) is 14.4. The molecule has 4 nitrogen and oxygen atoms in total. The number of amides is 2. The Kier molecular flexibility index (Phi) is 6.27. The average molecular weight is 306 g/mol. The minimum atomic E-state index is -0.949. The Labute approximate surface area is 127 Å². The molecular weight excluding hydrogens is 280 g/mol. The number of carbonyl (C=O) groups is 2. The summed E-state index contributed by atoms with van der Waals surface area (Å²) in [7, 11) is 0. The summed E-state index contributed by atoms with van der Waals surface area (Å²) in [5, 5.41) is 5.51. The van der Waals surface area contributed by atoms with Crippen LogP contribution in [-0.4, -0.2) is 33.4 Å². The first-order chi connectivity index (χ1) is 8.23. The van der Waals surface area contributed by atoms with Crippen LogP contribution in [-0.2, 0) is 9.59 Å². The second-order valence-electron chi connectivity index (χ2n) is 6.66. The quantitative estimate of drug-likeness (QED) is 0.566. The molecule has 0 heterocycles. The van der Waals surface area contributed by atoms with Gasteiger partial charge in [0.15, 0.2) is 0 Å². The highest BCUT2D eigenvalue weighted by Gasteiger charge is 2.31. The lowest BCUT2D eigenvalue weighted by molar-refractivity contribution is -0.132. The van der Waals surface area contributed by atoms with Crippen LogP contribution in [0, 0.1) is 0 Å². The third-order valence-corrected chi connectivity index (χ3v) is 2.61. The van der Waals surface area contributed by atoms with Crippen molar-refractivity contribution in [2.24, 2.45) is 0 Å². The highest BCUT2D eigenvalue weighted by Crippen LogP contribution is 2.17. The van der Waals surface area contributed by atoms with Crippen LogP contribution in [0.1, 0.15) is 48.0 Å². The molecule has 0 aromatic carbocycles. The third kappa shape index (κ3) is 9.21. The van der Waals surface area contributed by atoms with E-state index in [2.05, 4.69) is 35.9 Å². The van der Waals surface area contributed by atoms with Gasteiger partial charge < -0.3 is 10.6 Å². The Balaban J connectivity index is 4.45. The van der Waals surface area contributed by atoms with Gasteiger partial charge >= 0.3 is 0 Å². The largest absolute Gasteiger partial charge is 0.353 e. The highest BCUT2D eigenvalue weighted by molar-refractivity contribution is 7.82. The van der Waals surface area contributed by atoms with Crippen molar-refractivity contribution in [2.75, 3.05) is 6.54 Å². The van der Waals surface area contributed by atoms with Crippen molar-refractivity contribution < 1.29 is 9.59 Å². The van der Waals surface area contributed by atoms with E-state index >= 15 is 0 Å². The van der Waals surface area contributed by atoms with Crippen molar-refractivity contribution >= 4 is 37.1 Å². The molecule has 6 heteroatoms. The van der Waals surface area contributed by atoms with Crippen molar-refractivity contribution in [3.63, 3.8) is 0 Å². The van der Waals surface area contributed by atoms with Gasteiger partial charge in [0.25, 0.3) is 0 Å². The number of rotatable bonds is 6. The van der Waals surface area contributed by atoms with Crippen molar-refractivity contribution in [3.8, 4) is 0 Å². The maximum Gasteiger partial charge on any atom is 0.245 e. The summed E-state index contributed by atoms with van der Waals surface area (Å²) in [5.74, 6) is -0.412. The standard InChI is InChI=1S/C13H26N2O2S2/c1-11(2,18)7-9(16)15-13(5,6)10(17)14-8-12(3,4)19/h18-19H,7-8H2,1-6H3,(H,14,17)(H,15,16). The summed E-state index contributed by atoms with van der Waals surface area (Å²) in [6.45, 7) is 11.3. The second-order valence-corrected chi connectivity index (χ2v) is 9.08. The molecule has 0 aromatic rings. The Bertz CT molecular complexity index is 342. The summed E-state index contributed by atoms with van der Waals surface area (Å²) in [4.78, 5) is 23.9. The molecule has 2 N–H and O–H groups in total. The first-order valence-electron chi connectivity index (χ1n) is 6.27. The van der Waals surface area contributed by atoms with Gasteiger partial charge in [-0.3, -0.25) is 9.59 Å². The minimum absolute atomic E-state index is 0.190. The summed E-state index contributed by atoms with van der Waals surface area (Å²) in [6, 6.07) is 0. The number of hydrogen-bond donors (Lipinski definition) is 4. The van der Waals surface area contributed by atoms with E-state index in [1.165, 1.54) is 0 Å². The lowest BCUT2D eigenvalue weighted by Crippen LogP contribution is -2.56. The molecule has 0 atom stereocenters. The molecule has 0 fully saturated rings. The number of thiol groups is 2. The number of hydrogen-bond acceptors (Lipinski definition) is 4. The summed E-state index contributed by atoms with van der Waals surface area (Å²) < 4.78 is -0.688. The van der Waals surface area contributed by atoms with Crippen LogP contribution < -0.4 is 10.6 Å². The van der Waals surface area contributed by atoms with Crippen LogP contribution in [0.4, 0.5) is 0 Å². The second kappa shape index (κ2) is 6.39. The molecule has 112 valence electrons. The van der Waals surface area contributed by atoms with Gasteiger partial charge in [-0.25, -0.2) is 0 Å². The fourth-order valence-electron chi connectivity index (χ4n) is 1.36. The smallest absolute Gasteiger partial charge is 0.245 e. The van der Waals surface area contributed by atoms with Gasteiger partial charge in [0.05, 0.1) is 0 Å². The Morgan fingerprint density at radius 3 is 1.79 bits per heavy atom. The van der Waals surface area contributed by atoms with Gasteiger partial charge in [-0.1, -0.05) is 13.8 Å². The van der Waals surface area contributed by atoms with Crippen LogP contribution in [0.25, 0.3) is 0 Å². The molecular formula is C13H26N2O2S2. The van der Waals surface area contributed by atoms with Crippen molar-refractivity contribution in [2.45, 2.75) is 63.0 Å². The lowest BCUT2D eigenvalue weighted by Gasteiger charge is -2.28. The zero-order chi connectivity index (χ0) is 15.5. The topological polar surface area (TPSA) is 58.2 Å². The fraction of sp³-hybridized carbons (Fsp3) is 0.846. The van der Waals surface area contributed by atoms with E-state index in [9.17, 15) is 9.59 Å². The molecule has 0 aliphatic rings. The first-order valence-corrected chi connectivity index (χ1v) is 7.16. The van der Waals surface area contributed by atoms with E-state index in [-0.39, 0.29) is 23.0 Å². The van der Waals surface area contributed by atoms with Gasteiger partial charge in [-0.05, 0) is 27.7 Å². The maximum absolute atomic E-state index is 12.0. The van der Waals surface area contributed by atoms with Crippen molar-refractivity contribution in [1.82, 2.24) is 10.6 Å². The maximum atomic E-state index is 12.0. The zero-order valence-electron chi connectivity index (χ0n) is 12.6. The molecule has 0 radical (unpaired) electrons. The summed E-state index contributed by atoms with van der Waals surface area (Å²) in [6.07, 6.45) is 0.255. The van der Waals surface area contributed by atoms with E-state index in [0.717, 1.165) is 0 Å². The molecule has 0 bridgehead atoms. The molecule has 0 aliphatic heterocycles. The molecule has 0 aliphatic carbocycles. The number of carbonyl (C=O) groups excluding carboxylic acids is 2. The van der Waals surface area contributed by atoms with E-state index < -0.39 is 10.3 Å². The molecule has 0 saturated carbocycles. The first kappa shape index (κ1) is 18.6. The molecule has 0 spiro atoms. The molecule has 0 unspecified atom stereocenters. The Morgan fingerprint density at radius 1 is 0.947 bits per heavy atom. The average Bonchev–Trinajstić information content (AvgIpc) is 2.08. The van der Waals surface area contributed by atoms with Crippen molar-refractivity contribution in [3.05, 3.63) is 0 Å². The van der Waals surface area contributed by atoms with E-state index in [0.29, 0.717) is 6.54 Å². The predicted octanol–water partition coefficient (Wildman–Crippen LogP) is 1.80. The van der Waals surface area contributed by atoms with Crippen LogP contribution in [0.2, 0.25) is 0 Å². The molecule has 0 rings (SSSR count). The molecule has 0 saturated heterocycles. The van der Waals surface area contributed by atoms with Gasteiger partial charge in [0.1, 0.15) is 5.54 Å². The van der Waals surface area contributed by atoms with E-state index in [1.54, 1.807) is 13.8 Å². The van der Waals surface area contributed by atoms with Gasteiger partial charge in [-0.2, -0.15) is 25.3 Å². The lowest BCUT2D eigenvalue weighted by atomic mass is 10.0. The Morgan fingerprint density at radius 2 is 1.42 bits per heavy atom. The SMILES string of the molecule is CC(C)(S)CNC(=O)C(C)(C)NC(=O)CC(C)(C)S. The third-order valence-electron chi connectivity index (χ3n) is 2.29. The Hall–Kier alpha value is -0.360. The molecule has 2 amide bonds. The van der Waals surface area contributed by atoms with Crippen LogP contribution >= 0.6 is 25.3 Å². The van der Waals surface area contributed by atoms with Crippen LogP contribution in [0.3, 0.4) is 0 Å². The molecule has 0 aromatic heterocycles. The minimum Gasteiger partial charge on any atom is -0.353 e. The van der Waals surface area contributed by atoms with Crippen LogP contribution in [0.5, 0.6) is 0 Å². The highest BCUT2D eigenvalue weighted by atomic mass is 32.1. The van der Waals surface area contributed by atoms with E-state index in [4.69, 9.17) is 0 Å². The molecule has 19 heavy (non-hydrogen) atoms. The van der Waals surface area contributed by atoms with Crippen molar-refractivity contribution in [1.29, 1.82) is 0 Å². The number of nitrogens with one attached hydrogen (secondary N) is 2.